The lowest BCUT2D eigenvalue weighted by molar-refractivity contribution is -0.137. The van der Waals surface area contributed by atoms with Crippen molar-refractivity contribution in [2.45, 2.75) is 25.2 Å². The molecule has 0 saturated carbocycles. The summed E-state index contributed by atoms with van der Waals surface area (Å²) in [6.07, 6.45) is -6.07. The Kier molecular flexibility index (Phi) is 3.10. The van der Waals surface area contributed by atoms with Crippen LogP contribution in [0.3, 0.4) is 0 Å². The molecule has 1 amide bonds. The van der Waals surface area contributed by atoms with Crippen LogP contribution in [0.4, 0.5) is 18.0 Å². The summed E-state index contributed by atoms with van der Waals surface area (Å²) in [6, 6.07) is 4.15. The summed E-state index contributed by atoms with van der Waals surface area (Å²) in [7, 11) is 0. The van der Waals surface area contributed by atoms with E-state index in [-0.39, 0.29) is 11.1 Å². The van der Waals surface area contributed by atoms with Crippen molar-refractivity contribution in [3.8, 4) is 6.07 Å². The van der Waals surface area contributed by atoms with Crippen LogP contribution in [-0.4, -0.2) is 12.1 Å². The smallest absolute Gasteiger partial charge is 0.416 e. The number of hydrogen-bond acceptors (Lipinski definition) is 3. The Morgan fingerprint density at radius 1 is 1.37 bits per heavy atom. The van der Waals surface area contributed by atoms with Crippen LogP contribution in [0, 0.1) is 11.3 Å². The number of benzene rings is 1. The van der Waals surface area contributed by atoms with Gasteiger partial charge in [-0.3, -0.25) is 0 Å². The van der Waals surface area contributed by atoms with E-state index in [0.717, 1.165) is 12.1 Å². The molecular formula is C12H9F3N2O2. The van der Waals surface area contributed by atoms with Crippen molar-refractivity contribution in [3.63, 3.8) is 0 Å². The van der Waals surface area contributed by atoms with E-state index in [0.29, 0.717) is 0 Å². The number of ether oxygens (including phenoxy) is 1. The average molecular weight is 270 g/mol. The Bertz CT molecular complexity index is 563. The summed E-state index contributed by atoms with van der Waals surface area (Å²) >= 11 is 0. The molecule has 2 rings (SSSR count). The first-order chi connectivity index (χ1) is 8.81. The molecule has 2 atom stereocenters. The average Bonchev–Trinajstić information content (AvgIpc) is 2.66. The van der Waals surface area contributed by atoms with Crippen LogP contribution in [0.25, 0.3) is 0 Å². The van der Waals surface area contributed by atoms with E-state index in [9.17, 15) is 18.0 Å². The number of carbonyl (C=O) groups is 1. The number of nitrogens with zero attached hydrogens (tertiary/aromatic N) is 1. The van der Waals surface area contributed by atoms with E-state index < -0.39 is 30.0 Å². The minimum atomic E-state index is -4.55. The Labute approximate surface area is 106 Å². The number of carbonyl (C=O) groups excluding carboxylic acids is 1. The first kappa shape index (κ1) is 13.2. The second kappa shape index (κ2) is 4.46. The van der Waals surface area contributed by atoms with Gasteiger partial charge in [-0.1, -0.05) is 0 Å². The monoisotopic (exact) mass is 270 g/mol. The van der Waals surface area contributed by atoms with E-state index >= 15 is 0 Å². The van der Waals surface area contributed by atoms with Gasteiger partial charge in [-0.15, -0.1) is 0 Å². The summed E-state index contributed by atoms with van der Waals surface area (Å²) in [6.45, 7) is 1.61. The number of halogens is 3. The maximum atomic E-state index is 12.7. The summed E-state index contributed by atoms with van der Waals surface area (Å²) < 4.78 is 43.0. The molecule has 1 aromatic carbocycles. The highest BCUT2D eigenvalue weighted by Gasteiger charge is 2.36. The van der Waals surface area contributed by atoms with Crippen LogP contribution in [0.2, 0.25) is 0 Å². The number of rotatable bonds is 1. The van der Waals surface area contributed by atoms with Gasteiger partial charge in [0.05, 0.1) is 23.2 Å². The van der Waals surface area contributed by atoms with E-state index in [1.54, 1.807) is 13.0 Å². The van der Waals surface area contributed by atoms with Crippen molar-refractivity contribution in [2.75, 3.05) is 0 Å². The molecule has 1 saturated heterocycles. The van der Waals surface area contributed by atoms with Gasteiger partial charge in [0.2, 0.25) is 0 Å². The molecule has 1 N–H and O–H groups in total. The van der Waals surface area contributed by atoms with Crippen molar-refractivity contribution >= 4 is 6.09 Å². The molecular weight excluding hydrogens is 261 g/mol. The highest BCUT2D eigenvalue weighted by Crippen LogP contribution is 2.34. The predicted molar refractivity (Wildman–Crippen MR) is 58.0 cm³/mol. The number of cyclic esters (lactones) is 1. The number of nitrogens with one attached hydrogen (secondary N) is 1. The summed E-state index contributed by atoms with van der Waals surface area (Å²) in [5, 5.41) is 11.2. The lowest BCUT2D eigenvalue weighted by Gasteiger charge is -2.16. The molecule has 1 aliphatic rings. The van der Waals surface area contributed by atoms with Crippen molar-refractivity contribution in [2.24, 2.45) is 0 Å². The quantitative estimate of drug-likeness (QED) is 0.853. The molecule has 1 heterocycles. The van der Waals surface area contributed by atoms with Crippen LogP contribution < -0.4 is 5.32 Å². The number of alkyl halides is 3. The van der Waals surface area contributed by atoms with E-state index in [4.69, 9.17) is 10.00 Å². The molecule has 0 aromatic heterocycles. The SMILES string of the molecule is CC1NC(=O)OC1c1cc(C#N)cc(C(F)(F)F)c1. The van der Waals surface area contributed by atoms with Gasteiger partial charge in [0.1, 0.15) is 6.10 Å². The van der Waals surface area contributed by atoms with Crippen LogP contribution >= 0.6 is 0 Å². The standard InChI is InChI=1S/C12H9F3N2O2/c1-6-10(19-11(18)17-6)8-2-7(5-16)3-9(4-8)12(13,14)15/h2-4,6,10H,1H3,(H,17,18). The van der Waals surface area contributed by atoms with Crippen LogP contribution in [0.1, 0.15) is 29.7 Å². The number of alkyl carbamates (subject to hydrolysis) is 1. The van der Waals surface area contributed by atoms with Gasteiger partial charge < -0.3 is 10.1 Å². The minimum absolute atomic E-state index is 0.125. The van der Waals surface area contributed by atoms with E-state index in [1.807, 2.05) is 0 Å². The van der Waals surface area contributed by atoms with Gasteiger partial charge in [-0.2, -0.15) is 18.4 Å². The molecule has 0 bridgehead atoms. The molecule has 1 aromatic rings. The molecule has 4 nitrogen and oxygen atoms in total. The van der Waals surface area contributed by atoms with Crippen LogP contribution in [-0.2, 0) is 10.9 Å². The topological polar surface area (TPSA) is 62.1 Å². The molecule has 1 aliphatic heterocycles. The van der Waals surface area contributed by atoms with Crippen LogP contribution in [0.15, 0.2) is 18.2 Å². The van der Waals surface area contributed by atoms with Gasteiger partial charge in [-0.05, 0) is 30.7 Å². The summed E-state index contributed by atoms with van der Waals surface area (Å²) in [4.78, 5) is 11.1. The molecule has 0 spiro atoms. The van der Waals surface area contributed by atoms with Gasteiger partial charge in [0.25, 0.3) is 0 Å². The second-order valence-corrected chi connectivity index (χ2v) is 4.21. The van der Waals surface area contributed by atoms with Crippen LogP contribution in [0.5, 0.6) is 0 Å². The Morgan fingerprint density at radius 2 is 2.05 bits per heavy atom. The molecule has 19 heavy (non-hydrogen) atoms. The third-order valence-electron chi connectivity index (χ3n) is 2.77. The fraction of sp³-hybridized carbons (Fsp3) is 0.333. The normalized spacial score (nSPS) is 22.6. The highest BCUT2D eigenvalue weighted by molar-refractivity contribution is 5.70. The molecule has 100 valence electrons. The summed E-state index contributed by atoms with van der Waals surface area (Å²) in [5.41, 5.74) is -0.908. The molecule has 1 fully saturated rings. The number of hydrogen-bond donors (Lipinski definition) is 1. The maximum Gasteiger partial charge on any atom is 0.416 e. The lowest BCUT2D eigenvalue weighted by Crippen LogP contribution is -2.24. The molecule has 0 aliphatic carbocycles. The third kappa shape index (κ3) is 2.62. The van der Waals surface area contributed by atoms with E-state index in [1.165, 1.54) is 6.07 Å². The molecule has 2 unspecified atom stereocenters. The zero-order valence-corrected chi connectivity index (χ0v) is 9.78. The molecule has 7 heteroatoms. The van der Waals surface area contributed by atoms with E-state index in [2.05, 4.69) is 5.32 Å². The van der Waals surface area contributed by atoms with Crippen molar-refractivity contribution < 1.29 is 22.7 Å². The zero-order valence-electron chi connectivity index (χ0n) is 9.78. The van der Waals surface area contributed by atoms with Crippen molar-refractivity contribution in [1.82, 2.24) is 5.32 Å². The Balaban J connectivity index is 2.46. The summed E-state index contributed by atoms with van der Waals surface area (Å²) in [5.74, 6) is 0. The van der Waals surface area contributed by atoms with Gasteiger partial charge in [0, 0.05) is 0 Å². The van der Waals surface area contributed by atoms with Crippen molar-refractivity contribution in [3.05, 3.63) is 34.9 Å². The Hall–Kier alpha value is -2.23. The third-order valence-corrected chi connectivity index (χ3v) is 2.77. The predicted octanol–water partition coefficient (Wildman–Crippen LogP) is 2.75. The zero-order chi connectivity index (χ0) is 14.2. The van der Waals surface area contributed by atoms with Gasteiger partial charge in [0.15, 0.2) is 0 Å². The number of amides is 1. The fourth-order valence-corrected chi connectivity index (χ4v) is 1.91. The first-order valence-electron chi connectivity index (χ1n) is 5.40. The fourth-order valence-electron chi connectivity index (χ4n) is 1.91. The number of nitriles is 1. The van der Waals surface area contributed by atoms with Gasteiger partial charge >= 0.3 is 12.3 Å². The van der Waals surface area contributed by atoms with Gasteiger partial charge in [-0.25, -0.2) is 4.79 Å². The minimum Gasteiger partial charge on any atom is -0.439 e. The van der Waals surface area contributed by atoms with Crippen molar-refractivity contribution in [1.29, 1.82) is 5.26 Å². The molecule has 0 radical (unpaired) electrons. The second-order valence-electron chi connectivity index (χ2n) is 4.21. The lowest BCUT2D eigenvalue weighted by atomic mass is 9.99. The highest BCUT2D eigenvalue weighted by atomic mass is 19.4. The largest absolute Gasteiger partial charge is 0.439 e. The Morgan fingerprint density at radius 3 is 2.53 bits per heavy atom. The first-order valence-corrected chi connectivity index (χ1v) is 5.40. The maximum absolute atomic E-state index is 12.7.